The molecule has 0 atom stereocenters. The summed E-state index contributed by atoms with van der Waals surface area (Å²) >= 11 is 0. The minimum atomic E-state index is -1.05. The number of carbonyl (C=O) groups excluding carboxylic acids is 1. The van der Waals surface area contributed by atoms with Gasteiger partial charge in [0.15, 0.2) is 0 Å². The molecule has 5 heteroatoms. The molecule has 1 heterocycles. The number of amides is 1. The zero-order valence-electron chi connectivity index (χ0n) is 12.6. The second kappa shape index (κ2) is 9.91. The number of rotatable bonds is 10. The van der Waals surface area contributed by atoms with Gasteiger partial charge in [-0.25, -0.2) is 9.78 Å². The Balaban J connectivity index is 2.16. The van der Waals surface area contributed by atoms with Gasteiger partial charge in [-0.05, 0) is 18.1 Å². The molecule has 0 aromatic carbocycles. The molecule has 0 unspecified atom stereocenters. The number of aromatic carboxylic acids is 1. The molecule has 0 aliphatic carbocycles. The highest BCUT2D eigenvalue weighted by Gasteiger charge is 2.05. The van der Waals surface area contributed by atoms with Crippen molar-refractivity contribution in [3.05, 3.63) is 29.6 Å². The molecule has 21 heavy (non-hydrogen) atoms. The fourth-order valence-corrected chi connectivity index (χ4v) is 2.01. The van der Waals surface area contributed by atoms with Crippen molar-refractivity contribution >= 4 is 11.9 Å². The van der Waals surface area contributed by atoms with Crippen LogP contribution in [-0.4, -0.2) is 22.0 Å². The van der Waals surface area contributed by atoms with E-state index in [4.69, 9.17) is 5.11 Å². The third-order valence-electron chi connectivity index (χ3n) is 3.29. The van der Waals surface area contributed by atoms with Gasteiger partial charge >= 0.3 is 5.97 Å². The molecule has 1 aromatic rings. The number of carbonyl (C=O) groups is 2. The molecular formula is C16H24N2O3. The minimum absolute atomic E-state index is 0.0113. The van der Waals surface area contributed by atoms with Gasteiger partial charge in [0.05, 0.1) is 0 Å². The van der Waals surface area contributed by atoms with E-state index in [1.54, 1.807) is 6.07 Å². The smallest absolute Gasteiger partial charge is 0.354 e. The predicted octanol–water partition coefficient (Wildman–Crippen LogP) is 3.15. The zero-order chi connectivity index (χ0) is 15.5. The molecule has 0 bridgehead atoms. The molecule has 5 nitrogen and oxygen atoms in total. The molecule has 0 saturated heterocycles. The highest BCUT2D eigenvalue weighted by atomic mass is 16.4. The topological polar surface area (TPSA) is 79.3 Å². The average molecular weight is 292 g/mol. The second-order valence-electron chi connectivity index (χ2n) is 5.15. The predicted molar refractivity (Wildman–Crippen MR) is 81.0 cm³/mol. The monoisotopic (exact) mass is 292 g/mol. The van der Waals surface area contributed by atoms with Crippen LogP contribution in [0.1, 0.15) is 67.9 Å². The van der Waals surface area contributed by atoms with E-state index in [-0.39, 0.29) is 11.6 Å². The summed E-state index contributed by atoms with van der Waals surface area (Å²) in [6, 6.07) is 3.11. The molecule has 0 fully saturated rings. The first-order valence-corrected chi connectivity index (χ1v) is 7.58. The molecule has 0 saturated carbocycles. The molecule has 0 radical (unpaired) electrons. The fourth-order valence-electron chi connectivity index (χ4n) is 2.01. The minimum Gasteiger partial charge on any atom is -0.477 e. The lowest BCUT2D eigenvalue weighted by Crippen LogP contribution is -2.22. The first-order valence-electron chi connectivity index (χ1n) is 7.58. The lowest BCUT2D eigenvalue weighted by molar-refractivity contribution is -0.121. The van der Waals surface area contributed by atoms with Crippen LogP contribution in [0.2, 0.25) is 0 Å². The van der Waals surface area contributed by atoms with Crippen molar-refractivity contribution in [3.8, 4) is 0 Å². The number of nitrogens with zero attached hydrogens (tertiary/aromatic N) is 1. The number of carboxylic acids is 1. The summed E-state index contributed by atoms with van der Waals surface area (Å²) in [4.78, 5) is 26.1. The Morgan fingerprint density at radius 1 is 1.14 bits per heavy atom. The third kappa shape index (κ3) is 7.44. The van der Waals surface area contributed by atoms with E-state index in [9.17, 15) is 9.59 Å². The highest BCUT2D eigenvalue weighted by molar-refractivity contribution is 5.85. The molecule has 1 aromatic heterocycles. The van der Waals surface area contributed by atoms with Crippen LogP contribution in [0.3, 0.4) is 0 Å². The van der Waals surface area contributed by atoms with Crippen LogP contribution in [0.5, 0.6) is 0 Å². The van der Waals surface area contributed by atoms with Crippen LogP contribution in [-0.2, 0) is 11.3 Å². The third-order valence-corrected chi connectivity index (χ3v) is 3.29. The molecule has 1 rings (SSSR count). The van der Waals surface area contributed by atoms with Gasteiger partial charge in [-0.3, -0.25) is 4.79 Å². The molecule has 0 aliphatic rings. The summed E-state index contributed by atoms with van der Waals surface area (Å²) in [5.74, 6) is -1.01. The molecule has 0 spiro atoms. The molecule has 0 aliphatic heterocycles. The Morgan fingerprint density at radius 2 is 1.86 bits per heavy atom. The van der Waals surface area contributed by atoms with Crippen molar-refractivity contribution in [2.75, 3.05) is 0 Å². The Kier molecular flexibility index (Phi) is 8.09. The van der Waals surface area contributed by atoms with Gasteiger partial charge in [-0.15, -0.1) is 0 Å². The van der Waals surface area contributed by atoms with E-state index in [2.05, 4.69) is 17.2 Å². The van der Waals surface area contributed by atoms with Gasteiger partial charge in [-0.1, -0.05) is 45.1 Å². The van der Waals surface area contributed by atoms with Crippen molar-refractivity contribution in [1.82, 2.24) is 10.3 Å². The standard InChI is InChI=1S/C16H24N2O3/c1-2-3-4-5-6-7-8-15(19)18-12-13-9-10-14(16(20)21)17-11-13/h9-11H,2-8,12H2,1H3,(H,18,19)(H,20,21). The average Bonchev–Trinajstić information content (AvgIpc) is 2.49. The number of hydrogen-bond acceptors (Lipinski definition) is 3. The van der Waals surface area contributed by atoms with Gasteiger partial charge < -0.3 is 10.4 Å². The maximum atomic E-state index is 11.7. The Bertz CT molecular complexity index is 443. The van der Waals surface area contributed by atoms with Gasteiger partial charge in [0, 0.05) is 19.2 Å². The normalized spacial score (nSPS) is 10.3. The Hall–Kier alpha value is -1.91. The summed E-state index contributed by atoms with van der Waals surface area (Å²) in [5, 5.41) is 11.6. The van der Waals surface area contributed by atoms with Crippen molar-refractivity contribution in [2.45, 2.75) is 58.4 Å². The first-order chi connectivity index (χ1) is 10.1. The van der Waals surface area contributed by atoms with E-state index in [0.29, 0.717) is 13.0 Å². The van der Waals surface area contributed by atoms with Crippen LogP contribution in [0, 0.1) is 0 Å². The van der Waals surface area contributed by atoms with Crippen LogP contribution in [0.4, 0.5) is 0 Å². The molecular weight excluding hydrogens is 268 g/mol. The quantitative estimate of drug-likeness (QED) is 0.649. The van der Waals surface area contributed by atoms with E-state index in [1.807, 2.05) is 0 Å². The maximum absolute atomic E-state index is 11.7. The maximum Gasteiger partial charge on any atom is 0.354 e. The molecule has 2 N–H and O–H groups in total. The molecule has 1 amide bonds. The lowest BCUT2D eigenvalue weighted by atomic mass is 10.1. The van der Waals surface area contributed by atoms with Crippen molar-refractivity contribution < 1.29 is 14.7 Å². The van der Waals surface area contributed by atoms with Crippen LogP contribution in [0.25, 0.3) is 0 Å². The van der Waals surface area contributed by atoms with E-state index in [0.717, 1.165) is 18.4 Å². The van der Waals surface area contributed by atoms with Crippen LogP contribution < -0.4 is 5.32 Å². The summed E-state index contributed by atoms with van der Waals surface area (Å²) in [7, 11) is 0. The number of hydrogen-bond donors (Lipinski definition) is 2. The number of unbranched alkanes of at least 4 members (excludes halogenated alkanes) is 5. The number of nitrogens with one attached hydrogen (secondary N) is 1. The van der Waals surface area contributed by atoms with Gasteiger partial charge in [0.1, 0.15) is 5.69 Å². The fraction of sp³-hybridized carbons (Fsp3) is 0.562. The number of carboxylic acid groups (broad SMARTS) is 1. The summed E-state index contributed by atoms with van der Waals surface area (Å²) in [6.07, 6.45) is 9.00. The van der Waals surface area contributed by atoms with Crippen molar-refractivity contribution in [3.63, 3.8) is 0 Å². The van der Waals surface area contributed by atoms with E-state index in [1.165, 1.54) is 37.9 Å². The van der Waals surface area contributed by atoms with Crippen molar-refractivity contribution in [1.29, 1.82) is 0 Å². The largest absolute Gasteiger partial charge is 0.477 e. The number of aromatic nitrogens is 1. The van der Waals surface area contributed by atoms with Gasteiger partial charge in [0.2, 0.25) is 5.91 Å². The summed E-state index contributed by atoms with van der Waals surface area (Å²) in [6.45, 7) is 2.58. The van der Waals surface area contributed by atoms with Gasteiger partial charge in [0.25, 0.3) is 0 Å². The van der Waals surface area contributed by atoms with Crippen molar-refractivity contribution in [2.24, 2.45) is 0 Å². The lowest BCUT2D eigenvalue weighted by Gasteiger charge is -2.05. The SMILES string of the molecule is CCCCCCCCC(=O)NCc1ccc(C(=O)O)nc1. The summed E-state index contributed by atoms with van der Waals surface area (Å²) < 4.78 is 0. The zero-order valence-corrected chi connectivity index (χ0v) is 12.6. The van der Waals surface area contributed by atoms with Gasteiger partial charge in [-0.2, -0.15) is 0 Å². The Labute approximate surface area is 125 Å². The van der Waals surface area contributed by atoms with E-state index >= 15 is 0 Å². The first kappa shape index (κ1) is 17.1. The number of pyridine rings is 1. The Morgan fingerprint density at radius 3 is 2.48 bits per heavy atom. The highest BCUT2D eigenvalue weighted by Crippen LogP contribution is 2.07. The second-order valence-corrected chi connectivity index (χ2v) is 5.15. The van der Waals surface area contributed by atoms with Crippen LogP contribution >= 0.6 is 0 Å². The van der Waals surface area contributed by atoms with E-state index < -0.39 is 5.97 Å². The van der Waals surface area contributed by atoms with Crippen LogP contribution in [0.15, 0.2) is 18.3 Å². The summed E-state index contributed by atoms with van der Waals surface area (Å²) in [5.41, 5.74) is 0.813. The molecule has 116 valence electrons.